The number of rotatable bonds is 2. The average Bonchev–Trinajstić information content (AvgIpc) is 2.30. The summed E-state index contributed by atoms with van der Waals surface area (Å²) in [6.45, 7) is 4.31. The molecule has 0 bridgehead atoms. The van der Waals surface area contributed by atoms with E-state index in [1.54, 1.807) is 6.92 Å². The van der Waals surface area contributed by atoms with Gasteiger partial charge in [0.15, 0.2) is 5.75 Å². The van der Waals surface area contributed by atoms with Gasteiger partial charge in [-0.05, 0) is 24.6 Å². The van der Waals surface area contributed by atoms with Crippen molar-refractivity contribution in [3.63, 3.8) is 0 Å². The third kappa shape index (κ3) is 2.69. The van der Waals surface area contributed by atoms with Gasteiger partial charge in [-0.15, -0.1) is 0 Å². The first kappa shape index (κ1) is 13.8. The highest BCUT2D eigenvalue weighted by molar-refractivity contribution is 6.04. The zero-order valence-corrected chi connectivity index (χ0v) is 11.3. The zero-order valence-electron chi connectivity index (χ0n) is 11.3. The lowest BCUT2D eigenvalue weighted by atomic mass is 10.1. The molecule has 6 nitrogen and oxygen atoms in total. The van der Waals surface area contributed by atoms with E-state index >= 15 is 0 Å². The summed E-state index contributed by atoms with van der Waals surface area (Å²) in [6, 6.07) is 4.30. The summed E-state index contributed by atoms with van der Waals surface area (Å²) in [4.78, 5) is 33.8. The van der Waals surface area contributed by atoms with Crippen LogP contribution in [0.4, 0.5) is 5.69 Å². The first-order valence-corrected chi connectivity index (χ1v) is 5.92. The van der Waals surface area contributed by atoms with Crippen molar-refractivity contribution in [3.8, 4) is 5.75 Å². The number of amides is 1. The number of anilines is 1. The highest BCUT2D eigenvalue weighted by atomic mass is 16.5. The van der Waals surface area contributed by atoms with Crippen molar-refractivity contribution < 1.29 is 18.7 Å². The molecule has 104 valence electrons. The summed E-state index contributed by atoms with van der Waals surface area (Å²) in [6.07, 6.45) is 0. The lowest BCUT2D eigenvalue weighted by Gasteiger charge is -2.13. The number of fused-ring (bicyclic) bond motifs is 1. The molecule has 1 heterocycles. The van der Waals surface area contributed by atoms with Crippen LogP contribution in [0.3, 0.4) is 0 Å². The maximum Gasteiger partial charge on any atom is 0.336 e. The molecule has 0 aliphatic heterocycles. The number of benzene rings is 1. The molecule has 6 heteroatoms. The van der Waals surface area contributed by atoms with Crippen LogP contribution in [-0.2, 0) is 9.59 Å². The van der Waals surface area contributed by atoms with Crippen LogP contribution in [0, 0.1) is 6.92 Å². The summed E-state index contributed by atoms with van der Waals surface area (Å²) in [5.41, 5.74) is 0.763. The van der Waals surface area contributed by atoms with Crippen LogP contribution in [-0.4, -0.2) is 11.9 Å². The van der Waals surface area contributed by atoms with E-state index in [0.717, 1.165) is 0 Å². The van der Waals surface area contributed by atoms with Crippen LogP contribution in [0.2, 0.25) is 0 Å². The largest absolute Gasteiger partial charge is 0.424 e. The van der Waals surface area contributed by atoms with Crippen LogP contribution in [0.15, 0.2) is 27.4 Å². The van der Waals surface area contributed by atoms with Crippen molar-refractivity contribution >= 4 is 28.5 Å². The SMILES string of the molecule is CC(=O)Nc1c(OC(C)=O)ccc2oc(=O)cc(C)c12. The second-order valence-corrected chi connectivity index (χ2v) is 4.34. The lowest BCUT2D eigenvalue weighted by molar-refractivity contribution is -0.131. The van der Waals surface area contributed by atoms with Crippen molar-refractivity contribution in [3.05, 3.63) is 34.2 Å². The van der Waals surface area contributed by atoms with Gasteiger partial charge in [-0.3, -0.25) is 9.59 Å². The van der Waals surface area contributed by atoms with E-state index in [1.165, 1.54) is 32.0 Å². The van der Waals surface area contributed by atoms with Crippen LogP contribution in [0.25, 0.3) is 11.0 Å². The van der Waals surface area contributed by atoms with Gasteiger partial charge in [-0.2, -0.15) is 0 Å². The average molecular weight is 275 g/mol. The van der Waals surface area contributed by atoms with E-state index in [-0.39, 0.29) is 11.7 Å². The molecule has 0 atom stereocenters. The van der Waals surface area contributed by atoms with Gasteiger partial charge in [0.05, 0.1) is 5.69 Å². The minimum Gasteiger partial charge on any atom is -0.424 e. The highest BCUT2D eigenvalue weighted by Gasteiger charge is 2.15. The Morgan fingerprint density at radius 1 is 1.25 bits per heavy atom. The van der Waals surface area contributed by atoms with Crippen molar-refractivity contribution in [2.24, 2.45) is 0 Å². The number of esters is 1. The van der Waals surface area contributed by atoms with Gasteiger partial charge in [0, 0.05) is 25.3 Å². The summed E-state index contributed by atoms with van der Waals surface area (Å²) in [7, 11) is 0. The lowest BCUT2D eigenvalue weighted by Crippen LogP contribution is -2.11. The van der Waals surface area contributed by atoms with E-state index in [2.05, 4.69) is 5.32 Å². The molecule has 0 aliphatic rings. The number of ether oxygens (including phenoxy) is 1. The number of hydrogen-bond acceptors (Lipinski definition) is 5. The highest BCUT2D eigenvalue weighted by Crippen LogP contribution is 2.34. The predicted molar refractivity (Wildman–Crippen MR) is 72.8 cm³/mol. The molecular formula is C14H13NO5. The summed E-state index contributed by atoms with van der Waals surface area (Å²) < 4.78 is 10.1. The Kier molecular flexibility index (Phi) is 3.56. The van der Waals surface area contributed by atoms with Gasteiger partial charge in [0.1, 0.15) is 5.58 Å². The van der Waals surface area contributed by atoms with Crippen LogP contribution < -0.4 is 15.7 Å². The normalized spacial score (nSPS) is 10.3. The molecule has 2 rings (SSSR count). The second-order valence-electron chi connectivity index (χ2n) is 4.34. The van der Waals surface area contributed by atoms with Gasteiger partial charge in [0.2, 0.25) is 5.91 Å². The molecule has 0 fully saturated rings. The third-order valence-corrected chi connectivity index (χ3v) is 2.62. The molecule has 0 unspecified atom stereocenters. The zero-order chi connectivity index (χ0) is 14.9. The van der Waals surface area contributed by atoms with Gasteiger partial charge in [0.25, 0.3) is 0 Å². The first-order chi connectivity index (χ1) is 9.38. The van der Waals surface area contributed by atoms with Crippen LogP contribution >= 0.6 is 0 Å². The molecular weight excluding hydrogens is 262 g/mol. The van der Waals surface area contributed by atoms with E-state index in [4.69, 9.17) is 9.15 Å². The van der Waals surface area contributed by atoms with E-state index in [9.17, 15) is 14.4 Å². The number of aryl methyl sites for hydroxylation is 1. The molecule has 0 saturated heterocycles. The Hall–Kier alpha value is -2.63. The maximum atomic E-state index is 11.4. The molecule has 0 spiro atoms. The summed E-state index contributed by atoms with van der Waals surface area (Å²) in [5.74, 6) is -0.625. The fourth-order valence-electron chi connectivity index (χ4n) is 1.97. The fourth-order valence-corrected chi connectivity index (χ4v) is 1.97. The van der Waals surface area contributed by atoms with Gasteiger partial charge in [-0.25, -0.2) is 4.79 Å². The Labute approximate surface area is 114 Å². The van der Waals surface area contributed by atoms with E-state index in [1.807, 2.05) is 0 Å². The topological polar surface area (TPSA) is 85.6 Å². The second kappa shape index (κ2) is 5.16. The number of hydrogen-bond donors (Lipinski definition) is 1. The number of carbonyl (C=O) groups is 2. The smallest absolute Gasteiger partial charge is 0.336 e. The van der Waals surface area contributed by atoms with Gasteiger partial charge in [-0.1, -0.05) is 0 Å². The van der Waals surface area contributed by atoms with Crippen molar-refractivity contribution in [1.29, 1.82) is 0 Å². The molecule has 0 saturated carbocycles. The monoisotopic (exact) mass is 275 g/mol. The maximum absolute atomic E-state index is 11.4. The molecule has 20 heavy (non-hydrogen) atoms. The quantitative estimate of drug-likeness (QED) is 0.514. The molecule has 1 aromatic heterocycles. The summed E-state index contributed by atoms with van der Waals surface area (Å²) in [5, 5.41) is 3.13. The Morgan fingerprint density at radius 2 is 1.95 bits per heavy atom. The Morgan fingerprint density at radius 3 is 2.55 bits per heavy atom. The van der Waals surface area contributed by atoms with E-state index < -0.39 is 11.6 Å². The van der Waals surface area contributed by atoms with E-state index in [0.29, 0.717) is 22.2 Å². The minimum atomic E-state index is -0.508. The Balaban J connectivity index is 2.78. The van der Waals surface area contributed by atoms with Crippen molar-refractivity contribution in [1.82, 2.24) is 0 Å². The fraction of sp³-hybridized carbons (Fsp3) is 0.214. The Bertz CT molecular complexity index is 760. The molecule has 1 N–H and O–H groups in total. The molecule has 2 aromatic rings. The molecule has 1 amide bonds. The van der Waals surface area contributed by atoms with Crippen molar-refractivity contribution in [2.45, 2.75) is 20.8 Å². The predicted octanol–water partition coefficient (Wildman–Crippen LogP) is 1.99. The van der Waals surface area contributed by atoms with Gasteiger partial charge < -0.3 is 14.5 Å². The first-order valence-electron chi connectivity index (χ1n) is 5.92. The molecule has 1 aromatic carbocycles. The minimum absolute atomic E-state index is 0.206. The van der Waals surface area contributed by atoms with Crippen LogP contribution in [0.5, 0.6) is 5.75 Å². The summed E-state index contributed by atoms with van der Waals surface area (Å²) >= 11 is 0. The molecule has 0 radical (unpaired) electrons. The third-order valence-electron chi connectivity index (χ3n) is 2.62. The molecule has 0 aliphatic carbocycles. The van der Waals surface area contributed by atoms with Gasteiger partial charge >= 0.3 is 11.6 Å². The number of carbonyl (C=O) groups excluding carboxylic acids is 2. The standard InChI is InChI=1S/C14H13NO5/c1-7-6-12(18)20-10-4-5-11(19-9(3)17)14(13(7)10)15-8(2)16/h4-6H,1-3H3,(H,15,16). The van der Waals surface area contributed by atoms with Crippen LogP contribution in [0.1, 0.15) is 19.4 Å². The number of nitrogens with one attached hydrogen (secondary N) is 1. The van der Waals surface area contributed by atoms with Crippen molar-refractivity contribution in [2.75, 3.05) is 5.32 Å².